The van der Waals surface area contributed by atoms with Gasteiger partial charge in [-0.3, -0.25) is 9.59 Å². The van der Waals surface area contributed by atoms with Gasteiger partial charge < -0.3 is 14.2 Å². The van der Waals surface area contributed by atoms with Crippen molar-refractivity contribution in [1.82, 2.24) is 0 Å². The van der Waals surface area contributed by atoms with Crippen LogP contribution >= 0.6 is 0 Å². The van der Waals surface area contributed by atoms with Crippen LogP contribution in [0, 0.1) is 22.7 Å². The molecule has 0 aromatic heterocycles. The van der Waals surface area contributed by atoms with Crippen LogP contribution in [0.15, 0.2) is 12.2 Å². The zero-order valence-electron chi connectivity index (χ0n) is 15.3. The van der Waals surface area contributed by atoms with Crippen molar-refractivity contribution in [2.45, 2.75) is 65.0 Å². The van der Waals surface area contributed by atoms with Gasteiger partial charge in [0.2, 0.25) is 11.4 Å². The molecule has 0 amide bonds. The molecule has 0 radical (unpaired) electrons. The number of ketones is 1. The molecule has 25 heavy (non-hydrogen) atoms. The second-order valence-corrected chi connectivity index (χ2v) is 8.64. The zero-order chi connectivity index (χ0) is 18.4. The first kappa shape index (κ1) is 16.8. The molecular weight excluding hydrogens is 324 g/mol. The first-order valence-corrected chi connectivity index (χ1v) is 8.89. The van der Waals surface area contributed by atoms with Crippen LogP contribution < -0.4 is 0 Å². The van der Waals surface area contributed by atoms with Crippen molar-refractivity contribution in [3.8, 4) is 0 Å². The summed E-state index contributed by atoms with van der Waals surface area (Å²) < 4.78 is 17.3. The van der Waals surface area contributed by atoms with Crippen LogP contribution in [-0.2, 0) is 28.6 Å². The first-order chi connectivity index (χ1) is 11.5. The molecule has 4 rings (SSSR count). The van der Waals surface area contributed by atoms with E-state index in [1.165, 1.54) is 0 Å². The van der Waals surface area contributed by atoms with Crippen molar-refractivity contribution in [2.75, 3.05) is 0 Å². The number of carbonyl (C=O) groups is 3. The van der Waals surface area contributed by atoms with Gasteiger partial charge in [-0.15, -0.1) is 0 Å². The highest BCUT2D eigenvalue weighted by atomic mass is 16.7. The molecule has 6 nitrogen and oxygen atoms in total. The van der Waals surface area contributed by atoms with Crippen LogP contribution in [0.4, 0.5) is 0 Å². The van der Waals surface area contributed by atoms with Crippen LogP contribution in [0.5, 0.6) is 0 Å². The fourth-order valence-corrected chi connectivity index (χ4v) is 4.87. The van der Waals surface area contributed by atoms with Crippen molar-refractivity contribution in [3.63, 3.8) is 0 Å². The lowest BCUT2D eigenvalue weighted by Crippen LogP contribution is -2.57. The fourth-order valence-electron chi connectivity index (χ4n) is 4.87. The quantitative estimate of drug-likeness (QED) is 0.562. The molecule has 3 heterocycles. The van der Waals surface area contributed by atoms with E-state index in [0.717, 1.165) is 0 Å². The number of carbonyl (C=O) groups excluding carboxylic acids is 3. The molecule has 0 aromatic carbocycles. The Morgan fingerprint density at radius 2 is 1.88 bits per heavy atom. The highest BCUT2D eigenvalue weighted by Gasteiger charge is 2.77. The normalized spacial score (nSPS) is 49.4. The predicted octanol–water partition coefficient (Wildman–Crippen LogP) is 2.16. The molecule has 6 atom stereocenters. The van der Waals surface area contributed by atoms with Crippen LogP contribution in [0.3, 0.4) is 0 Å². The average Bonchev–Trinajstić information content (AvgIpc) is 3.09. The summed E-state index contributed by atoms with van der Waals surface area (Å²) in [5.41, 5.74) is -2.72. The number of hydrogen-bond acceptors (Lipinski definition) is 6. The topological polar surface area (TPSA) is 78.9 Å². The lowest BCUT2D eigenvalue weighted by atomic mass is 9.66. The Balaban J connectivity index is 1.67. The maximum absolute atomic E-state index is 13.2. The minimum Gasteiger partial charge on any atom is -0.446 e. The molecule has 136 valence electrons. The lowest BCUT2D eigenvalue weighted by Gasteiger charge is -2.42. The molecule has 1 saturated carbocycles. The standard InChI is InChI=1S/C19H24O6/c1-10-12-6-7-19(23-12,11(2)13(10)20)25-15(22)18-9-8-17(5,14(21)24-18)16(18,3)4/h6-7,10-12H,8-9H2,1-5H3/t10-,11+,12+,17-,18+,19+/m0/s1. The SMILES string of the molecule is C[C@@H]1C(=O)[C@@H](C)[C@]2(OC(=O)[C@@]34CC[C@@](C)(C(=O)O3)C4(C)C)C=C[C@H]1O2. The number of hydrogen-bond donors (Lipinski definition) is 0. The summed E-state index contributed by atoms with van der Waals surface area (Å²) in [6.07, 6.45) is 4.05. The van der Waals surface area contributed by atoms with E-state index in [1.807, 2.05) is 27.7 Å². The minimum atomic E-state index is -1.40. The number of fused-ring (bicyclic) bond motifs is 4. The Bertz CT molecular complexity index is 723. The van der Waals surface area contributed by atoms with E-state index in [4.69, 9.17) is 14.2 Å². The third-order valence-electron chi connectivity index (χ3n) is 7.48. The number of Topliss-reactive ketones (excluding diaryl/α,β-unsaturated/α-hetero) is 1. The smallest absolute Gasteiger partial charge is 0.353 e. The van der Waals surface area contributed by atoms with Gasteiger partial charge in [0.05, 0.1) is 17.4 Å². The summed E-state index contributed by atoms with van der Waals surface area (Å²) in [6.45, 7) is 9.10. The van der Waals surface area contributed by atoms with Gasteiger partial charge in [0, 0.05) is 11.3 Å². The van der Waals surface area contributed by atoms with Crippen molar-refractivity contribution >= 4 is 17.7 Å². The number of ether oxygens (including phenoxy) is 3. The Labute approximate surface area is 146 Å². The molecule has 0 aromatic rings. The van der Waals surface area contributed by atoms with Gasteiger partial charge in [0.1, 0.15) is 5.78 Å². The molecular formula is C19H24O6. The predicted molar refractivity (Wildman–Crippen MR) is 86.1 cm³/mol. The molecule has 6 heteroatoms. The average molecular weight is 348 g/mol. The number of rotatable bonds is 2. The van der Waals surface area contributed by atoms with Gasteiger partial charge in [-0.05, 0) is 32.8 Å². The van der Waals surface area contributed by atoms with Crippen LogP contribution in [-0.4, -0.2) is 35.2 Å². The van der Waals surface area contributed by atoms with Crippen molar-refractivity contribution < 1.29 is 28.6 Å². The van der Waals surface area contributed by atoms with Gasteiger partial charge in [-0.2, -0.15) is 0 Å². The van der Waals surface area contributed by atoms with Gasteiger partial charge in [-0.1, -0.05) is 26.8 Å². The molecule has 2 saturated heterocycles. The van der Waals surface area contributed by atoms with E-state index in [2.05, 4.69) is 0 Å². The Hall–Kier alpha value is -1.69. The summed E-state index contributed by atoms with van der Waals surface area (Å²) in [4.78, 5) is 38.0. The maximum atomic E-state index is 13.2. The van der Waals surface area contributed by atoms with Crippen molar-refractivity contribution in [1.29, 1.82) is 0 Å². The monoisotopic (exact) mass is 348 g/mol. The summed E-state index contributed by atoms with van der Waals surface area (Å²) in [5.74, 6) is -3.25. The lowest BCUT2D eigenvalue weighted by molar-refractivity contribution is -0.258. The molecule has 3 fully saturated rings. The van der Waals surface area contributed by atoms with Crippen LogP contribution in [0.25, 0.3) is 0 Å². The van der Waals surface area contributed by atoms with Gasteiger partial charge >= 0.3 is 11.9 Å². The Morgan fingerprint density at radius 3 is 2.44 bits per heavy atom. The van der Waals surface area contributed by atoms with Crippen molar-refractivity contribution in [2.24, 2.45) is 22.7 Å². The molecule has 4 aliphatic rings. The first-order valence-electron chi connectivity index (χ1n) is 8.89. The third kappa shape index (κ3) is 1.67. The van der Waals surface area contributed by atoms with E-state index < -0.39 is 34.1 Å². The Kier molecular flexibility index (Phi) is 3.03. The van der Waals surface area contributed by atoms with Crippen LogP contribution in [0.2, 0.25) is 0 Å². The summed E-state index contributed by atoms with van der Waals surface area (Å²) in [7, 11) is 0. The second-order valence-electron chi connectivity index (χ2n) is 8.64. The van der Waals surface area contributed by atoms with Crippen molar-refractivity contribution in [3.05, 3.63) is 12.2 Å². The molecule has 0 N–H and O–H groups in total. The highest BCUT2D eigenvalue weighted by molar-refractivity contribution is 5.94. The van der Waals surface area contributed by atoms with E-state index in [0.29, 0.717) is 12.8 Å². The Morgan fingerprint density at radius 1 is 1.20 bits per heavy atom. The maximum Gasteiger partial charge on any atom is 0.353 e. The van der Waals surface area contributed by atoms with Gasteiger partial charge in [0.15, 0.2) is 0 Å². The largest absolute Gasteiger partial charge is 0.446 e. The summed E-state index contributed by atoms with van der Waals surface area (Å²) >= 11 is 0. The van der Waals surface area contributed by atoms with E-state index in [1.54, 1.807) is 19.1 Å². The van der Waals surface area contributed by atoms with Gasteiger partial charge in [-0.25, -0.2) is 4.79 Å². The minimum absolute atomic E-state index is 0.00508. The van der Waals surface area contributed by atoms with Gasteiger partial charge in [0.25, 0.3) is 0 Å². The molecule has 4 bridgehead atoms. The summed E-state index contributed by atoms with van der Waals surface area (Å²) in [5, 5.41) is 0. The molecule has 0 spiro atoms. The molecule has 1 aliphatic carbocycles. The number of esters is 2. The summed E-state index contributed by atoms with van der Waals surface area (Å²) in [6, 6.07) is 0. The fraction of sp³-hybridized carbons (Fsp3) is 0.737. The van der Waals surface area contributed by atoms with Crippen LogP contribution in [0.1, 0.15) is 47.5 Å². The zero-order valence-corrected chi connectivity index (χ0v) is 15.3. The van der Waals surface area contributed by atoms with E-state index in [-0.39, 0.29) is 23.8 Å². The third-order valence-corrected chi connectivity index (χ3v) is 7.48. The van der Waals surface area contributed by atoms with E-state index >= 15 is 0 Å². The molecule has 3 aliphatic heterocycles. The van der Waals surface area contributed by atoms with E-state index in [9.17, 15) is 14.4 Å². The highest BCUT2D eigenvalue weighted by Crippen LogP contribution is 2.66. The second kappa shape index (κ2) is 4.53. The molecule has 0 unspecified atom stereocenters.